The van der Waals surface area contributed by atoms with E-state index in [1.54, 1.807) is 19.4 Å². The number of oxazole rings is 1. The highest BCUT2D eigenvalue weighted by molar-refractivity contribution is 9.10. The van der Waals surface area contributed by atoms with Crippen LogP contribution in [0.25, 0.3) is 22.6 Å². The number of pyridine rings is 1. The molecule has 1 aliphatic carbocycles. The van der Waals surface area contributed by atoms with Crippen molar-refractivity contribution in [3.63, 3.8) is 0 Å². The van der Waals surface area contributed by atoms with E-state index in [2.05, 4.69) is 35.9 Å². The van der Waals surface area contributed by atoms with Gasteiger partial charge < -0.3 is 9.15 Å². The molecule has 21 heavy (non-hydrogen) atoms. The van der Waals surface area contributed by atoms with Crippen LogP contribution in [0.15, 0.2) is 27.6 Å². The zero-order chi connectivity index (χ0) is 14.4. The van der Waals surface area contributed by atoms with Gasteiger partial charge in [0.1, 0.15) is 17.4 Å². The highest BCUT2D eigenvalue weighted by Crippen LogP contribution is 2.45. The number of methoxy groups -OCH3 is 1. The predicted octanol–water partition coefficient (Wildman–Crippen LogP) is 3.33. The molecule has 3 aromatic rings. The summed E-state index contributed by atoms with van der Waals surface area (Å²) in [5.74, 6) is 1.40. The Morgan fingerprint density at radius 2 is 2.14 bits per heavy atom. The van der Waals surface area contributed by atoms with Crippen molar-refractivity contribution >= 4 is 27.0 Å². The minimum absolute atomic E-state index is 0.438. The lowest BCUT2D eigenvalue weighted by atomic mass is 10.1. The first kappa shape index (κ1) is 12.7. The summed E-state index contributed by atoms with van der Waals surface area (Å²) >= 11 is 3.37. The average Bonchev–Trinajstić information content (AvgIpc) is 3.26. The Bertz CT molecular complexity index is 829. The zero-order valence-electron chi connectivity index (χ0n) is 11.2. The van der Waals surface area contributed by atoms with E-state index in [4.69, 9.17) is 9.15 Å². The first-order valence-electron chi connectivity index (χ1n) is 6.58. The van der Waals surface area contributed by atoms with Crippen LogP contribution in [0.5, 0.6) is 5.88 Å². The maximum atomic E-state index is 5.87. The topological polar surface area (TPSA) is 73.9 Å². The highest BCUT2D eigenvalue weighted by atomic mass is 79.9. The molecule has 6 nitrogen and oxygen atoms in total. The van der Waals surface area contributed by atoms with E-state index in [0.717, 1.165) is 29.6 Å². The minimum atomic E-state index is 0.438. The molecule has 0 unspecified atom stereocenters. The molecule has 0 aromatic carbocycles. The molecular weight excluding hydrogens is 336 g/mol. The summed E-state index contributed by atoms with van der Waals surface area (Å²) in [6, 6.07) is 1.81. The summed E-state index contributed by atoms with van der Waals surface area (Å²) < 4.78 is 11.9. The monoisotopic (exact) mass is 346 g/mol. The maximum Gasteiger partial charge on any atom is 0.234 e. The highest BCUT2D eigenvalue weighted by Gasteiger charge is 2.32. The molecule has 0 aliphatic heterocycles. The number of nitrogens with zero attached hydrogens (tertiary/aromatic N) is 4. The lowest BCUT2D eigenvalue weighted by Gasteiger charge is -2.07. The number of hydrogen-bond acceptors (Lipinski definition) is 6. The summed E-state index contributed by atoms with van der Waals surface area (Å²) in [6.07, 6.45) is 5.45. The lowest BCUT2D eigenvalue weighted by Crippen LogP contribution is -1.99. The zero-order valence-corrected chi connectivity index (χ0v) is 12.8. The van der Waals surface area contributed by atoms with Crippen molar-refractivity contribution in [2.75, 3.05) is 7.11 Å². The third kappa shape index (κ3) is 2.08. The number of halogens is 1. The van der Waals surface area contributed by atoms with Crippen molar-refractivity contribution in [2.45, 2.75) is 18.8 Å². The van der Waals surface area contributed by atoms with Crippen LogP contribution in [0, 0.1) is 0 Å². The normalized spacial score (nSPS) is 14.6. The van der Waals surface area contributed by atoms with Crippen molar-refractivity contribution in [1.82, 2.24) is 19.9 Å². The molecule has 0 atom stereocenters. The Kier molecular flexibility index (Phi) is 2.88. The number of fused-ring (bicyclic) bond motifs is 1. The van der Waals surface area contributed by atoms with Crippen LogP contribution in [0.2, 0.25) is 0 Å². The number of ether oxygens (including phenoxy) is 1. The molecule has 0 amide bonds. The minimum Gasteiger partial charge on any atom is -0.480 e. The van der Waals surface area contributed by atoms with Gasteiger partial charge >= 0.3 is 0 Å². The quantitative estimate of drug-likeness (QED) is 0.677. The van der Waals surface area contributed by atoms with E-state index in [0.29, 0.717) is 27.9 Å². The molecular formula is C14H11BrN4O2. The van der Waals surface area contributed by atoms with E-state index in [9.17, 15) is 0 Å². The predicted molar refractivity (Wildman–Crippen MR) is 79.1 cm³/mol. The van der Waals surface area contributed by atoms with Crippen LogP contribution in [0.4, 0.5) is 0 Å². The largest absolute Gasteiger partial charge is 0.480 e. The van der Waals surface area contributed by atoms with E-state index in [1.165, 1.54) is 6.33 Å². The van der Waals surface area contributed by atoms with Gasteiger partial charge in [0.15, 0.2) is 10.2 Å². The van der Waals surface area contributed by atoms with Gasteiger partial charge in [0.25, 0.3) is 0 Å². The number of rotatable bonds is 3. The van der Waals surface area contributed by atoms with Crippen LogP contribution in [0.1, 0.15) is 24.5 Å². The van der Waals surface area contributed by atoms with E-state index in [1.807, 2.05) is 0 Å². The standard InChI is InChI=1S/C14H11BrN4O2/c1-20-13-9(10(7-2-3-7)17-6-18-13)14-19-8-4-5-16-12(15)11(8)21-14/h4-7H,2-3H2,1H3. The second-order valence-corrected chi connectivity index (χ2v) is 5.64. The van der Waals surface area contributed by atoms with Gasteiger partial charge in [-0.15, -0.1) is 0 Å². The van der Waals surface area contributed by atoms with Crippen LogP contribution in [0.3, 0.4) is 0 Å². The van der Waals surface area contributed by atoms with Gasteiger partial charge in [-0.25, -0.2) is 19.9 Å². The van der Waals surface area contributed by atoms with Crippen LogP contribution in [-0.2, 0) is 0 Å². The fraction of sp³-hybridized carbons (Fsp3) is 0.286. The lowest BCUT2D eigenvalue weighted by molar-refractivity contribution is 0.396. The van der Waals surface area contributed by atoms with Gasteiger partial charge in [0, 0.05) is 12.1 Å². The fourth-order valence-electron chi connectivity index (χ4n) is 2.34. The molecule has 1 saturated carbocycles. The smallest absolute Gasteiger partial charge is 0.234 e. The second kappa shape index (κ2) is 4.77. The van der Waals surface area contributed by atoms with E-state index in [-0.39, 0.29) is 0 Å². The Balaban J connectivity index is 1.97. The van der Waals surface area contributed by atoms with E-state index < -0.39 is 0 Å². The molecule has 0 N–H and O–H groups in total. The molecule has 0 bridgehead atoms. The molecule has 106 valence electrons. The van der Waals surface area contributed by atoms with Crippen molar-refractivity contribution in [2.24, 2.45) is 0 Å². The molecule has 3 heterocycles. The Morgan fingerprint density at radius 3 is 2.86 bits per heavy atom. The number of hydrogen-bond donors (Lipinski definition) is 0. The van der Waals surface area contributed by atoms with Gasteiger partial charge in [-0.3, -0.25) is 0 Å². The Labute approximate surface area is 128 Å². The molecule has 1 aliphatic rings. The maximum absolute atomic E-state index is 5.87. The molecule has 4 rings (SSSR count). The summed E-state index contributed by atoms with van der Waals surface area (Å²) in [7, 11) is 1.59. The molecule has 3 aromatic heterocycles. The van der Waals surface area contributed by atoms with Crippen molar-refractivity contribution in [3.05, 3.63) is 28.9 Å². The summed E-state index contributed by atoms with van der Waals surface area (Å²) in [5, 5.41) is 0. The Morgan fingerprint density at radius 1 is 1.29 bits per heavy atom. The summed E-state index contributed by atoms with van der Waals surface area (Å²) in [4.78, 5) is 17.2. The third-order valence-corrected chi connectivity index (χ3v) is 4.04. The number of aromatic nitrogens is 4. The molecule has 1 fully saturated rings. The van der Waals surface area contributed by atoms with Crippen LogP contribution < -0.4 is 4.74 Å². The second-order valence-electron chi connectivity index (χ2n) is 4.89. The Hall–Kier alpha value is -2.02. The fourth-order valence-corrected chi connectivity index (χ4v) is 2.74. The van der Waals surface area contributed by atoms with Crippen molar-refractivity contribution in [3.8, 4) is 17.3 Å². The van der Waals surface area contributed by atoms with Gasteiger partial charge in [-0.05, 0) is 34.8 Å². The van der Waals surface area contributed by atoms with Gasteiger partial charge in [-0.1, -0.05) is 0 Å². The first-order chi connectivity index (χ1) is 10.3. The SMILES string of the molecule is COc1ncnc(C2CC2)c1-c1nc2ccnc(Br)c2o1. The first-order valence-corrected chi connectivity index (χ1v) is 7.37. The summed E-state index contributed by atoms with van der Waals surface area (Å²) in [6.45, 7) is 0. The van der Waals surface area contributed by atoms with Crippen molar-refractivity contribution < 1.29 is 9.15 Å². The van der Waals surface area contributed by atoms with E-state index >= 15 is 0 Å². The van der Waals surface area contributed by atoms with Gasteiger partial charge in [0.05, 0.1) is 12.8 Å². The third-order valence-electron chi connectivity index (χ3n) is 3.47. The van der Waals surface area contributed by atoms with Crippen molar-refractivity contribution in [1.29, 1.82) is 0 Å². The molecule has 0 radical (unpaired) electrons. The molecule has 0 saturated heterocycles. The van der Waals surface area contributed by atoms with Crippen LogP contribution in [-0.4, -0.2) is 27.0 Å². The van der Waals surface area contributed by atoms with Gasteiger partial charge in [-0.2, -0.15) is 0 Å². The average molecular weight is 347 g/mol. The molecule has 7 heteroatoms. The summed E-state index contributed by atoms with van der Waals surface area (Å²) in [5.41, 5.74) is 3.03. The van der Waals surface area contributed by atoms with Gasteiger partial charge in [0.2, 0.25) is 11.8 Å². The van der Waals surface area contributed by atoms with Crippen LogP contribution >= 0.6 is 15.9 Å². The molecule has 0 spiro atoms.